The second-order valence-corrected chi connectivity index (χ2v) is 12.2. The molecule has 3 aromatic rings. The van der Waals surface area contributed by atoms with E-state index in [0.29, 0.717) is 17.4 Å². The molecule has 0 unspecified atom stereocenters. The highest BCUT2D eigenvalue weighted by atomic mass is 35.5. The van der Waals surface area contributed by atoms with Crippen LogP contribution in [0.1, 0.15) is 45.2 Å². The molecule has 0 bridgehead atoms. The fourth-order valence-electron chi connectivity index (χ4n) is 4.08. The Morgan fingerprint density at radius 2 is 1.54 bits per heavy atom. The Labute approximate surface area is 248 Å². The van der Waals surface area contributed by atoms with Gasteiger partial charge in [0, 0.05) is 17.6 Å². The first kappa shape index (κ1) is 32.0. The van der Waals surface area contributed by atoms with E-state index in [-0.39, 0.29) is 29.1 Å². The minimum atomic E-state index is -4.19. The van der Waals surface area contributed by atoms with Crippen molar-refractivity contribution in [3.8, 4) is 5.75 Å². The summed E-state index contributed by atoms with van der Waals surface area (Å²) in [5.74, 6) is -0.264. The average molecular weight is 600 g/mol. The molecule has 10 heteroatoms. The maximum absolute atomic E-state index is 14.0. The van der Waals surface area contributed by atoms with Gasteiger partial charge in [0.2, 0.25) is 11.8 Å². The molecule has 3 aromatic carbocycles. The van der Waals surface area contributed by atoms with Gasteiger partial charge in [-0.05, 0) is 88.2 Å². The zero-order valence-electron chi connectivity index (χ0n) is 24.1. The summed E-state index contributed by atoms with van der Waals surface area (Å²) in [4.78, 5) is 28.5. The summed E-state index contributed by atoms with van der Waals surface area (Å²) in [7, 11) is -4.19. The van der Waals surface area contributed by atoms with Gasteiger partial charge < -0.3 is 15.0 Å². The van der Waals surface area contributed by atoms with E-state index in [1.54, 1.807) is 31.2 Å². The molecule has 2 amide bonds. The summed E-state index contributed by atoms with van der Waals surface area (Å²) in [6, 6.07) is 19.0. The van der Waals surface area contributed by atoms with Crippen LogP contribution in [0.3, 0.4) is 0 Å². The number of hydrogen-bond acceptors (Lipinski definition) is 5. The van der Waals surface area contributed by atoms with Crippen LogP contribution < -0.4 is 14.4 Å². The number of amides is 2. The van der Waals surface area contributed by atoms with Crippen LogP contribution >= 0.6 is 11.6 Å². The van der Waals surface area contributed by atoms with Crippen LogP contribution in [0.25, 0.3) is 0 Å². The molecule has 0 saturated heterocycles. The lowest BCUT2D eigenvalue weighted by Crippen LogP contribution is -2.52. The number of hydrogen-bond donors (Lipinski definition) is 1. The van der Waals surface area contributed by atoms with E-state index in [0.717, 1.165) is 21.9 Å². The quantitative estimate of drug-likeness (QED) is 0.277. The number of nitrogens with one attached hydrogen (secondary N) is 1. The molecular formula is C31H38ClN3O5S. The van der Waals surface area contributed by atoms with E-state index < -0.39 is 28.5 Å². The van der Waals surface area contributed by atoms with Crippen molar-refractivity contribution in [1.29, 1.82) is 0 Å². The highest BCUT2D eigenvalue weighted by Gasteiger charge is 2.32. The van der Waals surface area contributed by atoms with Crippen molar-refractivity contribution in [3.05, 3.63) is 88.9 Å². The minimum Gasteiger partial charge on any atom is -0.494 e. The molecule has 0 heterocycles. The van der Waals surface area contributed by atoms with Crippen molar-refractivity contribution >= 4 is 39.1 Å². The van der Waals surface area contributed by atoms with Gasteiger partial charge in [-0.1, -0.05) is 48.4 Å². The van der Waals surface area contributed by atoms with Crippen molar-refractivity contribution in [2.45, 2.75) is 64.6 Å². The number of carbonyl (C=O) groups is 2. The van der Waals surface area contributed by atoms with Gasteiger partial charge in [-0.2, -0.15) is 0 Å². The van der Waals surface area contributed by atoms with Gasteiger partial charge in [-0.15, -0.1) is 0 Å². The van der Waals surface area contributed by atoms with Crippen molar-refractivity contribution in [3.63, 3.8) is 0 Å². The maximum Gasteiger partial charge on any atom is 0.264 e. The summed E-state index contributed by atoms with van der Waals surface area (Å²) in [6.45, 7) is 9.38. The summed E-state index contributed by atoms with van der Waals surface area (Å²) < 4.78 is 34.4. The van der Waals surface area contributed by atoms with Crippen molar-refractivity contribution < 1.29 is 22.7 Å². The summed E-state index contributed by atoms with van der Waals surface area (Å²) in [5, 5.41) is 3.32. The van der Waals surface area contributed by atoms with Crippen molar-refractivity contribution in [2.75, 3.05) is 17.5 Å². The highest BCUT2D eigenvalue weighted by molar-refractivity contribution is 7.92. The van der Waals surface area contributed by atoms with Gasteiger partial charge in [0.1, 0.15) is 18.3 Å². The molecule has 0 aliphatic carbocycles. The average Bonchev–Trinajstić information content (AvgIpc) is 2.95. The van der Waals surface area contributed by atoms with E-state index in [1.165, 1.54) is 29.2 Å². The number of carbonyl (C=O) groups excluding carboxylic acids is 2. The molecule has 0 spiro atoms. The van der Waals surface area contributed by atoms with E-state index in [9.17, 15) is 18.0 Å². The molecule has 8 nitrogen and oxygen atoms in total. The summed E-state index contributed by atoms with van der Waals surface area (Å²) in [6.07, 6.45) is 0.731. The van der Waals surface area contributed by atoms with E-state index >= 15 is 0 Å². The standard InChI is InChI=1S/C31H38ClN3O5S/c1-6-23(4)33-31(37)24(5)34(20-25-10-8-22(3)9-11-25)30(36)21-35(27-14-16-28(17-15-27)40-7-2)41(38,39)29-18-12-26(32)13-19-29/h8-19,23-24H,6-7,20-21H2,1-5H3,(H,33,37)/t23-,24+/m0/s1. The lowest BCUT2D eigenvalue weighted by Gasteiger charge is -2.32. The zero-order valence-corrected chi connectivity index (χ0v) is 25.7. The fraction of sp³-hybridized carbons (Fsp3) is 0.355. The number of halogens is 1. The van der Waals surface area contributed by atoms with Crippen LogP contribution in [0.4, 0.5) is 5.69 Å². The molecular weight excluding hydrogens is 562 g/mol. The van der Waals surface area contributed by atoms with Crippen LogP contribution in [0.2, 0.25) is 5.02 Å². The van der Waals surface area contributed by atoms with E-state index in [1.807, 2.05) is 52.0 Å². The number of rotatable bonds is 13. The normalized spacial score (nSPS) is 12.7. The SMILES string of the molecule is CCOc1ccc(N(CC(=O)N(Cc2ccc(C)cc2)[C@H](C)C(=O)N[C@@H](C)CC)S(=O)(=O)c2ccc(Cl)cc2)cc1. The van der Waals surface area contributed by atoms with Crippen LogP contribution in [0.15, 0.2) is 77.7 Å². The molecule has 0 aromatic heterocycles. The van der Waals surface area contributed by atoms with Gasteiger partial charge in [0.15, 0.2) is 0 Å². The molecule has 0 fully saturated rings. The second kappa shape index (κ2) is 14.4. The fourth-order valence-corrected chi connectivity index (χ4v) is 5.62. The molecule has 41 heavy (non-hydrogen) atoms. The molecule has 0 saturated carbocycles. The molecule has 3 rings (SSSR count). The maximum atomic E-state index is 14.0. The van der Waals surface area contributed by atoms with Crippen molar-refractivity contribution in [1.82, 2.24) is 10.2 Å². The zero-order chi connectivity index (χ0) is 30.2. The molecule has 0 radical (unpaired) electrons. The summed E-state index contributed by atoms with van der Waals surface area (Å²) in [5.41, 5.74) is 2.16. The van der Waals surface area contributed by atoms with Crippen LogP contribution in [-0.4, -0.2) is 50.4 Å². The Kier molecular flexibility index (Phi) is 11.2. The third-order valence-corrected chi connectivity index (χ3v) is 8.80. The Bertz CT molecular complexity index is 1410. The Morgan fingerprint density at radius 1 is 0.927 bits per heavy atom. The second-order valence-electron chi connectivity index (χ2n) is 9.89. The van der Waals surface area contributed by atoms with E-state index in [2.05, 4.69) is 5.32 Å². The number of nitrogens with zero attached hydrogens (tertiary/aromatic N) is 2. The number of ether oxygens (including phenoxy) is 1. The molecule has 2 atom stereocenters. The van der Waals surface area contributed by atoms with Crippen LogP contribution in [0.5, 0.6) is 5.75 Å². The van der Waals surface area contributed by atoms with Gasteiger partial charge in [-0.25, -0.2) is 8.42 Å². The first-order valence-corrected chi connectivity index (χ1v) is 15.4. The van der Waals surface area contributed by atoms with Gasteiger partial charge >= 0.3 is 0 Å². The number of aryl methyl sites for hydroxylation is 1. The van der Waals surface area contributed by atoms with Crippen LogP contribution in [0, 0.1) is 6.92 Å². The molecule has 0 aliphatic rings. The van der Waals surface area contributed by atoms with Gasteiger partial charge in [0.05, 0.1) is 17.2 Å². The minimum absolute atomic E-state index is 0.0174. The third kappa shape index (κ3) is 8.47. The van der Waals surface area contributed by atoms with Gasteiger partial charge in [0.25, 0.3) is 10.0 Å². The first-order valence-electron chi connectivity index (χ1n) is 13.6. The lowest BCUT2D eigenvalue weighted by molar-refractivity contribution is -0.139. The molecule has 220 valence electrons. The van der Waals surface area contributed by atoms with E-state index in [4.69, 9.17) is 16.3 Å². The number of sulfonamides is 1. The monoisotopic (exact) mass is 599 g/mol. The predicted octanol–water partition coefficient (Wildman–Crippen LogP) is 5.57. The number of anilines is 1. The Hall–Kier alpha value is -3.56. The topological polar surface area (TPSA) is 96.0 Å². The van der Waals surface area contributed by atoms with Crippen molar-refractivity contribution in [2.24, 2.45) is 0 Å². The summed E-state index contributed by atoms with van der Waals surface area (Å²) >= 11 is 6.01. The third-order valence-electron chi connectivity index (χ3n) is 6.76. The predicted molar refractivity (Wildman–Crippen MR) is 163 cm³/mol. The highest BCUT2D eigenvalue weighted by Crippen LogP contribution is 2.27. The largest absolute Gasteiger partial charge is 0.494 e. The number of benzene rings is 3. The smallest absolute Gasteiger partial charge is 0.264 e. The molecule has 1 N–H and O–H groups in total. The Morgan fingerprint density at radius 3 is 2.10 bits per heavy atom. The first-order chi connectivity index (χ1) is 19.5. The molecule has 0 aliphatic heterocycles. The van der Waals surface area contributed by atoms with Crippen LogP contribution in [-0.2, 0) is 26.2 Å². The van der Waals surface area contributed by atoms with Gasteiger partial charge in [-0.3, -0.25) is 13.9 Å². The Balaban J connectivity index is 2.02. The lowest BCUT2D eigenvalue weighted by atomic mass is 10.1.